The van der Waals surface area contributed by atoms with Crippen LogP contribution in [0.5, 0.6) is 0 Å². The Labute approximate surface area is 145 Å². The number of benzene rings is 1. The van der Waals surface area contributed by atoms with E-state index >= 15 is 0 Å². The van der Waals surface area contributed by atoms with E-state index in [4.69, 9.17) is 0 Å². The van der Waals surface area contributed by atoms with Crippen LogP contribution >= 0.6 is 0 Å². The highest BCUT2D eigenvalue weighted by molar-refractivity contribution is 5.33. The van der Waals surface area contributed by atoms with Crippen molar-refractivity contribution in [1.29, 1.82) is 0 Å². The van der Waals surface area contributed by atoms with E-state index in [1.807, 2.05) is 30.3 Å². The summed E-state index contributed by atoms with van der Waals surface area (Å²) in [6.45, 7) is 2.91. The van der Waals surface area contributed by atoms with Gasteiger partial charge in [0.05, 0.1) is 18.8 Å². The molecule has 1 atom stereocenters. The Morgan fingerprint density at radius 2 is 2.08 bits per heavy atom. The highest BCUT2D eigenvalue weighted by atomic mass is 16.2. The fourth-order valence-corrected chi connectivity index (χ4v) is 3.27. The van der Waals surface area contributed by atoms with Gasteiger partial charge in [-0.05, 0) is 31.5 Å². The molecule has 1 aliphatic heterocycles. The van der Waals surface area contributed by atoms with Crippen LogP contribution in [0.25, 0.3) is 5.69 Å². The van der Waals surface area contributed by atoms with Crippen molar-refractivity contribution in [3.8, 4) is 5.69 Å². The number of hydrogen-bond acceptors (Lipinski definition) is 5. The molecule has 3 aromatic rings. The highest BCUT2D eigenvalue weighted by Crippen LogP contribution is 2.22. The standard InChI is InChI=1S/C17H21N7O/c25-17-23(10-9-22-13-19-12-20-22)21-16(14-5-4-8-18-11-14)24(17)15-6-2-1-3-7-15/h1-3,6-7,12-14,18H,4-5,8-11H2. The van der Waals surface area contributed by atoms with Gasteiger partial charge in [0.25, 0.3) is 0 Å². The van der Waals surface area contributed by atoms with Crippen LogP contribution in [0.4, 0.5) is 0 Å². The smallest absolute Gasteiger partial charge is 0.316 e. The summed E-state index contributed by atoms with van der Waals surface area (Å²) in [4.78, 5) is 16.9. The Bertz CT molecular complexity index is 860. The normalized spacial score (nSPS) is 17.7. The lowest BCUT2D eigenvalue weighted by Gasteiger charge is -2.22. The zero-order valence-electron chi connectivity index (χ0n) is 14.0. The SMILES string of the molecule is O=c1n(CCn2cncn2)nc(C2CCCNC2)n1-c1ccccc1. The van der Waals surface area contributed by atoms with Gasteiger partial charge in [0.1, 0.15) is 18.5 Å². The third-order valence-electron chi connectivity index (χ3n) is 4.55. The maximum Gasteiger partial charge on any atom is 0.350 e. The molecule has 1 aromatic carbocycles. The van der Waals surface area contributed by atoms with Gasteiger partial charge in [-0.1, -0.05) is 18.2 Å². The lowest BCUT2D eigenvalue weighted by atomic mass is 9.99. The molecule has 0 saturated carbocycles. The van der Waals surface area contributed by atoms with E-state index in [0.29, 0.717) is 13.1 Å². The first-order valence-corrected chi connectivity index (χ1v) is 8.61. The summed E-state index contributed by atoms with van der Waals surface area (Å²) in [5, 5.41) is 12.2. The van der Waals surface area contributed by atoms with Gasteiger partial charge in [-0.2, -0.15) is 10.2 Å². The number of aromatic nitrogens is 6. The zero-order valence-corrected chi connectivity index (χ0v) is 14.0. The lowest BCUT2D eigenvalue weighted by Crippen LogP contribution is -2.31. The summed E-state index contributed by atoms with van der Waals surface area (Å²) in [5.74, 6) is 1.08. The minimum Gasteiger partial charge on any atom is -0.316 e. The van der Waals surface area contributed by atoms with E-state index in [2.05, 4.69) is 20.5 Å². The second-order valence-electron chi connectivity index (χ2n) is 6.24. The van der Waals surface area contributed by atoms with Gasteiger partial charge in [-0.3, -0.25) is 4.68 Å². The Morgan fingerprint density at radius 1 is 1.20 bits per heavy atom. The molecule has 4 rings (SSSR count). The predicted octanol–water partition coefficient (Wildman–Crippen LogP) is 0.793. The molecule has 0 spiro atoms. The second-order valence-corrected chi connectivity index (χ2v) is 6.24. The average Bonchev–Trinajstić information content (AvgIpc) is 3.29. The average molecular weight is 339 g/mol. The summed E-state index contributed by atoms with van der Waals surface area (Å²) in [6, 6.07) is 9.73. The largest absolute Gasteiger partial charge is 0.350 e. The summed E-state index contributed by atoms with van der Waals surface area (Å²) >= 11 is 0. The zero-order chi connectivity index (χ0) is 17.1. The molecule has 1 saturated heterocycles. The summed E-state index contributed by atoms with van der Waals surface area (Å²) < 4.78 is 4.99. The molecule has 0 amide bonds. The molecule has 1 aliphatic rings. The number of nitrogens with zero attached hydrogens (tertiary/aromatic N) is 6. The maximum absolute atomic E-state index is 13.0. The molecule has 1 fully saturated rings. The van der Waals surface area contributed by atoms with E-state index in [9.17, 15) is 4.79 Å². The quantitative estimate of drug-likeness (QED) is 0.743. The number of rotatable bonds is 5. The van der Waals surface area contributed by atoms with Crippen molar-refractivity contribution in [1.82, 2.24) is 34.4 Å². The molecule has 25 heavy (non-hydrogen) atoms. The van der Waals surface area contributed by atoms with E-state index < -0.39 is 0 Å². The van der Waals surface area contributed by atoms with Crippen LogP contribution < -0.4 is 11.0 Å². The molecule has 8 nitrogen and oxygen atoms in total. The molecule has 8 heteroatoms. The number of hydrogen-bond donors (Lipinski definition) is 1. The van der Waals surface area contributed by atoms with Crippen LogP contribution in [0, 0.1) is 0 Å². The molecular formula is C17H21N7O. The fourth-order valence-electron chi connectivity index (χ4n) is 3.27. The number of piperidine rings is 1. The Hall–Kier alpha value is -2.74. The van der Waals surface area contributed by atoms with E-state index in [1.165, 1.54) is 6.33 Å². The van der Waals surface area contributed by atoms with Gasteiger partial charge in [0.15, 0.2) is 0 Å². The van der Waals surface area contributed by atoms with Crippen LogP contribution in [0.15, 0.2) is 47.8 Å². The molecule has 0 bridgehead atoms. The lowest BCUT2D eigenvalue weighted by molar-refractivity contribution is 0.435. The molecule has 0 aliphatic carbocycles. The maximum atomic E-state index is 13.0. The monoisotopic (exact) mass is 339 g/mol. The second kappa shape index (κ2) is 7.02. The molecule has 2 aromatic heterocycles. The van der Waals surface area contributed by atoms with Crippen LogP contribution in [0.3, 0.4) is 0 Å². The van der Waals surface area contributed by atoms with Gasteiger partial charge in [0, 0.05) is 12.5 Å². The van der Waals surface area contributed by atoms with Gasteiger partial charge < -0.3 is 5.32 Å². The Morgan fingerprint density at radius 3 is 2.80 bits per heavy atom. The number of nitrogens with one attached hydrogen (secondary N) is 1. The van der Waals surface area contributed by atoms with Crippen molar-refractivity contribution in [2.45, 2.75) is 31.8 Å². The highest BCUT2D eigenvalue weighted by Gasteiger charge is 2.24. The first-order valence-electron chi connectivity index (χ1n) is 8.61. The molecule has 130 valence electrons. The number of aryl methyl sites for hydroxylation is 2. The van der Waals surface area contributed by atoms with Gasteiger partial charge in [-0.15, -0.1) is 0 Å². The molecule has 1 N–H and O–H groups in total. The summed E-state index contributed by atoms with van der Waals surface area (Å²) in [7, 11) is 0. The topological polar surface area (TPSA) is 82.6 Å². The van der Waals surface area contributed by atoms with Gasteiger partial charge in [-0.25, -0.2) is 19.0 Å². The molecule has 0 radical (unpaired) electrons. The van der Waals surface area contributed by atoms with Crippen molar-refractivity contribution < 1.29 is 0 Å². The van der Waals surface area contributed by atoms with E-state index in [1.54, 1.807) is 20.3 Å². The molecular weight excluding hydrogens is 318 g/mol. The summed E-state index contributed by atoms with van der Waals surface area (Å²) in [6.07, 6.45) is 5.27. The third-order valence-corrected chi connectivity index (χ3v) is 4.55. The molecule has 1 unspecified atom stereocenters. The van der Waals surface area contributed by atoms with E-state index in [0.717, 1.165) is 37.4 Å². The van der Waals surface area contributed by atoms with Crippen LogP contribution in [-0.4, -0.2) is 42.2 Å². The number of para-hydroxylation sites is 1. The van der Waals surface area contributed by atoms with Crippen LogP contribution in [0.2, 0.25) is 0 Å². The van der Waals surface area contributed by atoms with Gasteiger partial charge in [0.2, 0.25) is 0 Å². The van der Waals surface area contributed by atoms with Crippen molar-refractivity contribution in [2.75, 3.05) is 13.1 Å². The summed E-state index contributed by atoms with van der Waals surface area (Å²) in [5.41, 5.74) is 0.756. The van der Waals surface area contributed by atoms with Crippen molar-refractivity contribution in [2.24, 2.45) is 0 Å². The first-order chi connectivity index (χ1) is 12.3. The minimum atomic E-state index is -0.105. The van der Waals surface area contributed by atoms with Crippen molar-refractivity contribution in [3.05, 3.63) is 59.3 Å². The van der Waals surface area contributed by atoms with Gasteiger partial charge >= 0.3 is 5.69 Å². The minimum absolute atomic E-state index is 0.105. The van der Waals surface area contributed by atoms with Crippen LogP contribution in [-0.2, 0) is 13.1 Å². The Kier molecular flexibility index (Phi) is 4.43. The van der Waals surface area contributed by atoms with Crippen LogP contribution in [0.1, 0.15) is 24.6 Å². The van der Waals surface area contributed by atoms with Crippen molar-refractivity contribution in [3.63, 3.8) is 0 Å². The first kappa shape index (κ1) is 15.8. The Balaban J connectivity index is 1.70. The van der Waals surface area contributed by atoms with E-state index in [-0.39, 0.29) is 11.6 Å². The fraction of sp³-hybridized carbons (Fsp3) is 0.412. The molecule has 3 heterocycles. The van der Waals surface area contributed by atoms with Crippen molar-refractivity contribution >= 4 is 0 Å². The third kappa shape index (κ3) is 3.25. The predicted molar refractivity (Wildman–Crippen MR) is 92.7 cm³/mol.